The molecule has 1 aromatic heterocycles. The van der Waals surface area contributed by atoms with E-state index in [1.807, 2.05) is 0 Å². The van der Waals surface area contributed by atoms with E-state index in [-0.39, 0.29) is 12.0 Å². The van der Waals surface area contributed by atoms with Crippen molar-refractivity contribution in [3.05, 3.63) is 5.82 Å². The first-order valence-corrected chi connectivity index (χ1v) is 4.17. The molecule has 0 aliphatic rings. The number of rotatable bonds is 4. The molecule has 0 fully saturated rings. The Morgan fingerprint density at radius 3 is 2.83 bits per heavy atom. The van der Waals surface area contributed by atoms with Gasteiger partial charge < -0.3 is 11.5 Å². The van der Waals surface area contributed by atoms with Gasteiger partial charge in [-0.15, -0.1) is 5.10 Å². The summed E-state index contributed by atoms with van der Waals surface area (Å²) < 4.78 is 0. The molecule has 0 saturated heterocycles. The Labute approximate surface area is 71.6 Å². The van der Waals surface area contributed by atoms with E-state index < -0.39 is 0 Å². The number of unbranched alkanes of at least 4 members (excludes halogenated alkanes) is 1. The molecule has 0 bridgehead atoms. The Morgan fingerprint density at radius 2 is 2.33 bits per heavy atom. The highest BCUT2D eigenvalue weighted by molar-refractivity contribution is 5.13. The van der Waals surface area contributed by atoms with Crippen LogP contribution in [0.4, 0.5) is 5.95 Å². The molecule has 5 heteroatoms. The predicted octanol–water partition coefficient (Wildman–Crippen LogP) is 0.577. The van der Waals surface area contributed by atoms with Crippen LogP contribution in [-0.4, -0.2) is 15.2 Å². The van der Waals surface area contributed by atoms with Gasteiger partial charge in [-0.25, -0.2) is 0 Å². The minimum absolute atomic E-state index is 0.0604. The molecule has 5 N–H and O–H groups in total. The number of aromatic nitrogens is 3. The summed E-state index contributed by atoms with van der Waals surface area (Å²) in [5.41, 5.74) is 11.1. The van der Waals surface area contributed by atoms with E-state index in [1.54, 1.807) is 0 Å². The maximum Gasteiger partial charge on any atom is 0.239 e. The van der Waals surface area contributed by atoms with Crippen LogP contribution in [0.25, 0.3) is 0 Å². The summed E-state index contributed by atoms with van der Waals surface area (Å²) >= 11 is 0. The molecule has 1 heterocycles. The third kappa shape index (κ3) is 2.20. The zero-order valence-corrected chi connectivity index (χ0v) is 7.25. The lowest BCUT2D eigenvalue weighted by Crippen LogP contribution is -2.11. The topological polar surface area (TPSA) is 93.6 Å². The first kappa shape index (κ1) is 8.99. The van der Waals surface area contributed by atoms with Gasteiger partial charge in [-0.1, -0.05) is 19.8 Å². The van der Waals surface area contributed by atoms with Gasteiger partial charge in [0.1, 0.15) is 5.82 Å². The molecule has 0 aliphatic carbocycles. The first-order chi connectivity index (χ1) is 5.74. The second-order valence-electron chi connectivity index (χ2n) is 2.83. The van der Waals surface area contributed by atoms with Crippen LogP contribution in [0.15, 0.2) is 0 Å². The monoisotopic (exact) mass is 169 g/mol. The van der Waals surface area contributed by atoms with Crippen LogP contribution < -0.4 is 11.5 Å². The summed E-state index contributed by atoms with van der Waals surface area (Å²) in [5, 5.41) is 6.41. The highest BCUT2D eigenvalue weighted by Crippen LogP contribution is 2.12. The highest BCUT2D eigenvalue weighted by atomic mass is 15.3. The maximum absolute atomic E-state index is 5.81. The zero-order valence-electron chi connectivity index (χ0n) is 7.25. The van der Waals surface area contributed by atoms with Crippen molar-refractivity contribution < 1.29 is 0 Å². The summed E-state index contributed by atoms with van der Waals surface area (Å²) in [6, 6.07) is -0.0604. The number of nitrogens with two attached hydrogens (primary N) is 2. The van der Waals surface area contributed by atoms with Crippen LogP contribution in [0.5, 0.6) is 0 Å². The van der Waals surface area contributed by atoms with Crippen LogP contribution in [0.2, 0.25) is 0 Å². The second kappa shape index (κ2) is 4.06. The van der Waals surface area contributed by atoms with Crippen LogP contribution in [0, 0.1) is 0 Å². The Morgan fingerprint density at radius 1 is 1.58 bits per heavy atom. The smallest absolute Gasteiger partial charge is 0.239 e. The van der Waals surface area contributed by atoms with Gasteiger partial charge in [0.15, 0.2) is 0 Å². The minimum Gasteiger partial charge on any atom is -0.367 e. The summed E-state index contributed by atoms with van der Waals surface area (Å²) in [5.74, 6) is 0.942. The van der Waals surface area contributed by atoms with Gasteiger partial charge in [0, 0.05) is 0 Å². The third-order valence-corrected chi connectivity index (χ3v) is 1.74. The second-order valence-corrected chi connectivity index (χ2v) is 2.83. The summed E-state index contributed by atoms with van der Waals surface area (Å²) in [6.07, 6.45) is 3.16. The number of nitrogen functional groups attached to an aromatic ring is 1. The zero-order chi connectivity index (χ0) is 8.97. The number of anilines is 1. The summed E-state index contributed by atoms with van der Waals surface area (Å²) in [4.78, 5) is 3.95. The van der Waals surface area contributed by atoms with E-state index in [0.29, 0.717) is 5.82 Å². The third-order valence-electron chi connectivity index (χ3n) is 1.74. The first-order valence-electron chi connectivity index (χ1n) is 4.17. The quantitative estimate of drug-likeness (QED) is 0.614. The molecule has 1 aromatic rings. The molecule has 0 aliphatic heterocycles. The standard InChI is InChI=1S/C7H15N5/c1-2-3-4-5(8)6-10-7(9)12-11-6/h5H,2-4,8H2,1H3,(H3,9,10,11,12). The fourth-order valence-electron chi connectivity index (χ4n) is 1.01. The molecule has 1 unspecified atom stereocenters. The Kier molecular flexibility index (Phi) is 3.04. The van der Waals surface area contributed by atoms with E-state index in [4.69, 9.17) is 11.5 Å². The number of nitrogens with one attached hydrogen (secondary N) is 1. The minimum atomic E-state index is -0.0604. The molecule has 0 aromatic carbocycles. The lowest BCUT2D eigenvalue weighted by molar-refractivity contribution is 0.577. The molecule has 1 atom stereocenters. The number of hydrogen-bond donors (Lipinski definition) is 3. The largest absolute Gasteiger partial charge is 0.367 e. The molecule has 0 saturated carbocycles. The Balaban J connectivity index is 2.47. The van der Waals surface area contributed by atoms with Gasteiger partial charge >= 0.3 is 0 Å². The van der Waals surface area contributed by atoms with Crippen LogP contribution in [-0.2, 0) is 0 Å². The lowest BCUT2D eigenvalue weighted by atomic mass is 10.1. The molecule has 5 nitrogen and oxygen atoms in total. The Bertz CT molecular complexity index is 231. The van der Waals surface area contributed by atoms with Gasteiger partial charge in [0.25, 0.3) is 0 Å². The van der Waals surface area contributed by atoms with Crippen LogP contribution >= 0.6 is 0 Å². The van der Waals surface area contributed by atoms with E-state index in [2.05, 4.69) is 22.1 Å². The van der Waals surface area contributed by atoms with Crippen molar-refractivity contribution in [2.45, 2.75) is 32.2 Å². The molecule has 68 valence electrons. The van der Waals surface area contributed by atoms with Gasteiger partial charge in [0.2, 0.25) is 5.95 Å². The molecule has 0 radical (unpaired) electrons. The predicted molar refractivity (Wildman–Crippen MR) is 47.2 cm³/mol. The maximum atomic E-state index is 5.81. The van der Waals surface area contributed by atoms with E-state index in [1.165, 1.54) is 0 Å². The van der Waals surface area contributed by atoms with E-state index >= 15 is 0 Å². The van der Waals surface area contributed by atoms with Crippen molar-refractivity contribution >= 4 is 5.95 Å². The van der Waals surface area contributed by atoms with Crippen molar-refractivity contribution in [1.29, 1.82) is 0 Å². The van der Waals surface area contributed by atoms with Crippen molar-refractivity contribution in [1.82, 2.24) is 15.2 Å². The van der Waals surface area contributed by atoms with E-state index in [0.717, 1.165) is 19.3 Å². The van der Waals surface area contributed by atoms with Gasteiger partial charge in [-0.3, -0.25) is 5.10 Å². The van der Waals surface area contributed by atoms with Crippen molar-refractivity contribution in [3.63, 3.8) is 0 Å². The molecular formula is C7H15N5. The number of hydrogen-bond acceptors (Lipinski definition) is 4. The molecule has 0 spiro atoms. The number of H-pyrrole nitrogens is 1. The van der Waals surface area contributed by atoms with Gasteiger partial charge in [0.05, 0.1) is 6.04 Å². The molecule has 1 rings (SSSR count). The van der Waals surface area contributed by atoms with Crippen LogP contribution in [0.1, 0.15) is 38.1 Å². The molecule has 12 heavy (non-hydrogen) atoms. The summed E-state index contributed by atoms with van der Waals surface area (Å²) in [7, 11) is 0. The van der Waals surface area contributed by atoms with Gasteiger partial charge in [-0.2, -0.15) is 4.98 Å². The van der Waals surface area contributed by atoms with Crippen molar-refractivity contribution in [2.24, 2.45) is 5.73 Å². The highest BCUT2D eigenvalue weighted by Gasteiger charge is 2.08. The number of aromatic amines is 1. The fourth-order valence-corrected chi connectivity index (χ4v) is 1.01. The average molecular weight is 169 g/mol. The fraction of sp³-hybridized carbons (Fsp3) is 0.714. The normalized spacial score (nSPS) is 13.2. The molecule has 0 amide bonds. The van der Waals surface area contributed by atoms with Crippen molar-refractivity contribution in [2.75, 3.05) is 5.73 Å². The van der Waals surface area contributed by atoms with E-state index in [9.17, 15) is 0 Å². The lowest BCUT2D eigenvalue weighted by Gasteiger charge is -2.05. The molecular weight excluding hydrogens is 154 g/mol. The number of nitrogens with zero attached hydrogens (tertiary/aromatic N) is 2. The average Bonchev–Trinajstić information content (AvgIpc) is 2.47. The summed E-state index contributed by atoms with van der Waals surface area (Å²) in [6.45, 7) is 2.13. The van der Waals surface area contributed by atoms with Crippen LogP contribution in [0.3, 0.4) is 0 Å². The SMILES string of the molecule is CCCCC(N)c1nc(N)n[nH]1. The Hall–Kier alpha value is -1.10. The van der Waals surface area contributed by atoms with Crippen molar-refractivity contribution in [3.8, 4) is 0 Å². The van der Waals surface area contributed by atoms with Gasteiger partial charge in [-0.05, 0) is 6.42 Å².